The van der Waals surface area contributed by atoms with Crippen LogP contribution in [0.15, 0.2) is 24.3 Å². The van der Waals surface area contributed by atoms with Crippen molar-refractivity contribution in [1.82, 2.24) is 0 Å². The van der Waals surface area contributed by atoms with Crippen molar-refractivity contribution in [3.63, 3.8) is 0 Å². The monoisotopic (exact) mass is 263 g/mol. The molecule has 0 aliphatic carbocycles. The molecule has 0 radical (unpaired) electrons. The largest absolute Gasteiger partial charge is 0.463 e. The van der Waals surface area contributed by atoms with Gasteiger partial charge in [0.1, 0.15) is 0 Å². The summed E-state index contributed by atoms with van der Waals surface area (Å²) in [7, 11) is 0. The SMILES string of the molecule is C#Cc1cccc(NC(=O)C(F)(F)C(F)(F)F)c1. The van der Waals surface area contributed by atoms with E-state index in [1.807, 2.05) is 0 Å². The maximum absolute atomic E-state index is 12.6. The topological polar surface area (TPSA) is 29.1 Å². The first-order valence-corrected chi connectivity index (χ1v) is 4.51. The number of rotatable bonds is 2. The molecule has 0 heterocycles. The first-order valence-electron chi connectivity index (χ1n) is 4.51. The molecule has 2 nitrogen and oxygen atoms in total. The summed E-state index contributed by atoms with van der Waals surface area (Å²) in [4.78, 5) is 10.8. The smallest absolute Gasteiger partial charge is 0.320 e. The standard InChI is InChI=1S/C11H6F5NO/c1-2-7-4-3-5-8(6-7)17-9(18)10(12,13)11(14,15)16/h1,3-6H,(H,17,18). The Bertz CT molecular complexity index is 501. The minimum atomic E-state index is -5.94. The van der Waals surface area contributed by atoms with Crippen LogP contribution in [-0.4, -0.2) is 18.0 Å². The van der Waals surface area contributed by atoms with Crippen LogP contribution in [0.25, 0.3) is 0 Å². The van der Waals surface area contributed by atoms with Crippen molar-refractivity contribution in [3.05, 3.63) is 29.8 Å². The summed E-state index contributed by atoms with van der Waals surface area (Å²) in [5, 5.41) is 1.46. The Labute approximate surface area is 98.8 Å². The summed E-state index contributed by atoms with van der Waals surface area (Å²) in [6.45, 7) is 0. The Morgan fingerprint density at radius 1 is 1.22 bits per heavy atom. The van der Waals surface area contributed by atoms with E-state index in [2.05, 4.69) is 5.92 Å². The fourth-order valence-corrected chi connectivity index (χ4v) is 1.03. The summed E-state index contributed by atoms with van der Waals surface area (Å²) >= 11 is 0. The summed E-state index contributed by atoms with van der Waals surface area (Å²) < 4.78 is 60.9. The maximum atomic E-state index is 12.6. The lowest BCUT2D eigenvalue weighted by atomic mass is 10.2. The molecule has 0 aliphatic heterocycles. The second-order valence-electron chi connectivity index (χ2n) is 3.25. The van der Waals surface area contributed by atoms with Gasteiger partial charge in [-0.15, -0.1) is 6.42 Å². The van der Waals surface area contributed by atoms with Crippen LogP contribution in [0.3, 0.4) is 0 Å². The highest BCUT2D eigenvalue weighted by Gasteiger charge is 2.63. The van der Waals surface area contributed by atoms with E-state index in [4.69, 9.17) is 6.42 Å². The zero-order valence-electron chi connectivity index (χ0n) is 8.68. The Hall–Kier alpha value is -2.10. The predicted molar refractivity (Wildman–Crippen MR) is 54.0 cm³/mol. The molecule has 7 heteroatoms. The fraction of sp³-hybridized carbons (Fsp3) is 0.182. The van der Waals surface area contributed by atoms with Crippen LogP contribution in [0.1, 0.15) is 5.56 Å². The molecule has 0 spiro atoms. The van der Waals surface area contributed by atoms with Crippen LogP contribution in [0.5, 0.6) is 0 Å². The Kier molecular flexibility index (Phi) is 3.60. The molecule has 0 aromatic heterocycles. The van der Waals surface area contributed by atoms with E-state index in [1.54, 1.807) is 0 Å². The van der Waals surface area contributed by atoms with Gasteiger partial charge < -0.3 is 5.32 Å². The molecule has 1 aromatic carbocycles. The molecule has 1 rings (SSSR count). The Morgan fingerprint density at radius 3 is 2.33 bits per heavy atom. The van der Waals surface area contributed by atoms with Gasteiger partial charge in [-0.1, -0.05) is 12.0 Å². The summed E-state index contributed by atoms with van der Waals surface area (Å²) in [6.07, 6.45) is -0.930. The van der Waals surface area contributed by atoms with E-state index >= 15 is 0 Å². The maximum Gasteiger partial charge on any atom is 0.463 e. The minimum Gasteiger partial charge on any atom is -0.320 e. The molecule has 0 saturated carbocycles. The molecule has 0 aliphatic rings. The molecular formula is C11H6F5NO. The summed E-state index contributed by atoms with van der Waals surface area (Å²) in [5.74, 6) is -5.77. The number of amides is 1. The summed E-state index contributed by atoms with van der Waals surface area (Å²) in [5.41, 5.74) is 0.00231. The van der Waals surface area contributed by atoms with Crippen LogP contribution in [0, 0.1) is 12.3 Å². The van der Waals surface area contributed by atoms with Gasteiger partial charge in [-0.3, -0.25) is 4.79 Å². The molecule has 0 atom stereocenters. The van der Waals surface area contributed by atoms with E-state index in [1.165, 1.54) is 17.4 Å². The summed E-state index contributed by atoms with van der Waals surface area (Å²) in [6, 6.07) is 4.99. The second-order valence-corrected chi connectivity index (χ2v) is 3.25. The van der Waals surface area contributed by atoms with Crippen LogP contribution < -0.4 is 5.32 Å². The first kappa shape index (κ1) is 14.0. The highest BCUT2D eigenvalue weighted by molar-refractivity contribution is 5.96. The lowest BCUT2D eigenvalue weighted by molar-refractivity contribution is -0.267. The minimum absolute atomic E-state index is 0.237. The number of carbonyl (C=O) groups is 1. The van der Waals surface area contributed by atoms with Crippen LogP contribution in [0.2, 0.25) is 0 Å². The molecule has 1 amide bonds. The molecule has 96 valence electrons. The number of nitrogens with one attached hydrogen (secondary N) is 1. The van der Waals surface area contributed by atoms with Gasteiger partial charge >= 0.3 is 18.0 Å². The molecule has 0 unspecified atom stereocenters. The number of hydrogen-bond acceptors (Lipinski definition) is 1. The predicted octanol–water partition coefficient (Wildman–Crippen LogP) is 2.80. The molecule has 18 heavy (non-hydrogen) atoms. The van der Waals surface area contributed by atoms with E-state index in [9.17, 15) is 26.7 Å². The number of anilines is 1. The number of halogens is 5. The third kappa shape index (κ3) is 2.77. The van der Waals surface area contributed by atoms with Crippen molar-refractivity contribution in [3.8, 4) is 12.3 Å². The highest BCUT2D eigenvalue weighted by atomic mass is 19.4. The van der Waals surface area contributed by atoms with Crippen molar-refractivity contribution in [1.29, 1.82) is 0 Å². The molecule has 0 saturated heterocycles. The second kappa shape index (κ2) is 4.64. The van der Waals surface area contributed by atoms with Crippen molar-refractivity contribution in [2.24, 2.45) is 0 Å². The molecule has 0 fully saturated rings. The van der Waals surface area contributed by atoms with Gasteiger partial charge in [0.25, 0.3) is 0 Å². The average Bonchev–Trinajstić information content (AvgIpc) is 2.27. The van der Waals surface area contributed by atoms with E-state index < -0.39 is 18.0 Å². The average molecular weight is 263 g/mol. The van der Waals surface area contributed by atoms with Crippen molar-refractivity contribution >= 4 is 11.6 Å². The van der Waals surface area contributed by atoms with Gasteiger partial charge in [-0.2, -0.15) is 22.0 Å². The number of terminal acetylenes is 1. The number of carbonyl (C=O) groups excluding carboxylic acids is 1. The fourth-order valence-electron chi connectivity index (χ4n) is 1.03. The number of alkyl halides is 5. The zero-order chi connectivity index (χ0) is 14.0. The van der Waals surface area contributed by atoms with Crippen molar-refractivity contribution < 1.29 is 26.7 Å². The van der Waals surface area contributed by atoms with E-state index in [0.29, 0.717) is 0 Å². The van der Waals surface area contributed by atoms with Crippen molar-refractivity contribution in [2.45, 2.75) is 12.1 Å². The highest BCUT2D eigenvalue weighted by Crippen LogP contribution is 2.36. The van der Waals surface area contributed by atoms with Crippen LogP contribution in [-0.2, 0) is 4.79 Å². The third-order valence-electron chi connectivity index (χ3n) is 1.93. The van der Waals surface area contributed by atoms with Crippen molar-refractivity contribution in [2.75, 3.05) is 5.32 Å². The van der Waals surface area contributed by atoms with Gasteiger partial charge in [0.2, 0.25) is 0 Å². The van der Waals surface area contributed by atoms with E-state index in [0.717, 1.165) is 12.1 Å². The van der Waals surface area contributed by atoms with Gasteiger partial charge in [0.05, 0.1) is 0 Å². The molecule has 1 N–H and O–H groups in total. The van der Waals surface area contributed by atoms with Gasteiger partial charge in [0, 0.05) is 11.3 Å². The molecular weight excluding hydrogens is 257 g/mol. The zero-order valence-corrected chi connectivity index (χ0v) is 8.68. The van der Waals surface area contributed by atoms with Gasteiger partial charge in [0.15, 0.2) is 0 Å². The Balaban J connectivity index is 2.92. The lowest BCUT2D eigenvalue weighted by Crippen LogP contribution is -2.47. The first-order chi connectivity index (χ1) is 8.18. The normalized spacial score (nSPS) is 11.8. The molecule has 0 bridgehead atoms. The lowest BCUT2D eigenvalue weighted by Gasteiger charge is -2.18. The quantitative estimate of drug-likeness (QED) is 0.645. The number of hydrogen-bond donors (Lipinski definition) is 1. The number of benzene rings is 1. The molecule has 1 aromatic rings. The van der Waals surface area contributed by atoms with Crippen LogP contribution in [0.4, 0.5) is 27.6 Å². The third-order valence-corrected chi connectivity index (χ3v) is 1.93. The van der Waals surface area contributed by atoms with E-state index in [-0.39, 0.29) is 11.3 Å². The van der Waals surface area contributed by atoms with Gasteiger partial charge in [-0.05, 0) is 18.2 Å². The Morgan fingerprint density at radius 2 is 1.83 bits per heavy atom. The van der Waals surface area contributed by atoms with Crippen LogP contribution >= 0.6 is 0 Å². The van der Waals surface area contributed by atoms with Gasteiger partial charge in [-0.25, -0.2) is 0 Å².